The second kappa shape index (κ2) is 9.53. The highest BCUT2D eigenvalue weighted by Crippen LogP contribution is 2.48. The molecule has 0 aliphatic heterocycles. The van der Waals surface area contributed by atoms with Gasteiger partial charge in [-0.25, -0.2) is 0 Å². The van der Waals surface area contributed by atoms with Gasteiger partial charge in [0.25, 0.3) is 0 Å². The fraction of sp³-hybridized carbons (Fsp3) is 0.200. The van der Waals surface area contributed by atoms with E-state index in [4.69, 9.17) is 4.74 Å². The van der Waals surface area contributed by atoms with Crippen molar-refractivity contribution in [3.63, 3.8) is 0 Å². The molecule has 2 heteroatoms. The molecule has 0 unspecified atom stereocenters. The van der Waals surface area contributed by atoms with Crippen LogP contribution >= 0.6 is 7.05 Å². The molecule has 0 saturated heterocycles. The summed E-state index contributed by atoms with van der Waals surface area (Å²) in [4.78, 5) is 0. The molecule has 0 atom stereocenters. The van der Waals surface area contributed by atoms with Gasteiger partial charge in [0.2, 0.25) is 0 Å². The summed E-state index contributed by atoms with van der Waals surface area (Å²) in [6.45, 7) is 4.35. The number of unbranched alkanes of at least 4 members (excludes halogenated alkanes) is 1. The topological polar surface area (TPSA) is 12.4 Å². The van der Waals surface area contributed by atoms with Crippen molar-refractivity contribution in [1.29, 1.82) is 0 Å². The summed E-state index contributed by atoms with van der Waals surface area (Å²) in [5.41, 5.74) is 1.21. The first-order valence-corrected chi connectivity index (χ1v) is 11.5. The van der Waals surface area contributed by atoms with E-state index in [2.05, 4.69) is 111 Å². The molecule has 27 heavy (non-hydrogen) atoms. The van der Waals surface area contributed by atoms with Crippen molar-refractivity contribution >= 4 is 23.0 Å². The van der Waals surface area contributed by atoms with Crippen LogP contribution in [0.15, 0.2) is 108 Å². The first-order chi connectivity index (χ1) is 13.3. The van der Waals surface area contributed by atoms with E-state index in [1.165, 1.54) is 34.5 Å². The number of benzene rings is 3. The van der Waals surface area contributed by atoms with Gasteiger partial charge in [0.15, 0.2) is 0 Å². The Bertz CT molecular complexity index is 809. The highest BCUT2D eigenvalue weighted by molar-refractivity contribution is 7.87. The fourth-order valence-corrected chi connectivity index (χ4v) is 7.01. The fourth-order valence-electron chi connectivity index (χ4n) is 3.35. The number of nitrogens with zero attached hydrogens (tertiary/aromatic N) is 1. The summed E-state index contributed by atoms with van der Waals surface area (Å²) in [6, 6.07) is 32.5. The number of hydrogen-bond acceptors (Lipinski definition) is 1. The van der Waals surface area contributed by atoms with Crippen LogP contribution in [0, 0.1) is 0 Å². The Morgan fingerprint density at radius 2 is 1.15 bits per heavy atom. The van der Waals surface area contributed by atoms with Gasteiger partial charge < -0.3 is 0 Å². The predicted molar refractivity (Wildman–Crippen MR) is 121 cm³/mol. The lowest BCUT2D eigenvalue weighted by Gasteiger charge is -2.27. The predicted octanol–water partition coefficient (Wildman–Crippen LogP) is 6.26. The highest BCUT2D eigenvalue weighted by atomic mass is 31.2. The summed E-state index contributed by atoms with van der Waals surface area (Å²) < 4.78 is 5.55. The molecule has 3 aromatic rings. The zero-order valence-corrected chi connectivity index (χ0v) is 17.1. The Balaban J connectivity index is 2.36. The molecule has 0 spiro atoms. The summed E-state index contributed by atoms with van der Waals surface area (Å²) in [6.07, 6.45) is 5.57. The molecule has 0 aliphatic carbocycles. The minimum Gasteiger partial charge on any atom is -0.259 e. The summed E-state index contributed by atoms with van der Waals surface area (Å²) in [5, 5.41) is 3.91. The third-order valence-corrected chi connectivity index (χ3v) is 8.48. The van der Waals surface area contributed by atoms with E-state index in [-0.39, 0.29) is 0 Å². The maximum absolute atomic E-state index is 5.55. The molecule has 0 amide bonds. The van der Waals surface area contributed by atoms with Gasteiger partial charge >= 0.3 is 0 Å². The van der Waals surface area contributed by atoms with E-state index in [0.29, 0.717) is 0 Å². The van der Waals surface area contributed by atoms with Crippen molar-refractivity contribution < 1.29 is 0 Å². The number of allylic oxidation sites excluding steroid dienone is 2. The van der Waals surface area contributed by atoms with Crippen LogP contribution in [0.25, 0.3) is 0 Å². The minimum absolute atomic E-state index is 1.03. The first-order valence-electron chi connectivity index (χ1n) is 9.75. The Morgan fingerprint density at radius 3 is 1.48 bits per heavy atom. The molecular weight excluding hydrogens is 345 g/mol. The van der Waals surface area contributed by atoms with E-state index >= 15 is 0 Å². The number of hydrogen-bond donors (Lipinski definition) is 0. The summed E-state index contributed by atoms with van der Waals surface area (Å²) in [5.74, 6) is 0. The average Bonchev–Trinajstić information content (AvgIpc) is 2.76. The molecule has 0 bridgehead atoms. The van der Waals surface area contributed by atoms with E-state index in [9.17, 15) is 0 Å². The Labute approximate surface area is 163 Å². The standard InChI is InChI=1S/C25H28NP/c1-3-5-15-22(4-2)26-27(23-16-9-6-10-17-23,24-18-11-7-12-19-24)25-20-13-8-14-21-25/h4,6-14,16-21H,3,5,15H2,1-2H3/b22-4-. The molecule has 0 saturated carbocycles. The van der Waals surface area contributed by atoms with Gasteiger partial charge in [0, 0.05) is 21.6 Å². The molecule has 0 aliphatic rings. The molecule has 0 radical (unpaired) electrons. The van der Waals surface area contributed by atoms with Crippen LogP contribution in [0.3, 0.4) is 0 Å². The average molecular weight is 373 g/mol. The Hall–Kier alpha value is -2.37. The first kappa shape index (κ1) is 19.4. The quantitative estimate of drug-likeness (QED) is 0.434. The Kier molecular flexibility index (Phi) is 6.85. The van der Waals surface area contributed by atoms with Gasteiger partial charge in [-0.05, 0) is 19.8 Å². The molecular formula is C25H28NP. The monoisotopic (exact) mass is 373 g/mol. The van der Waals surface area contributed by atoms with Gasteiger partial charge in [0.1, 0.15) is 0 Å². The van der Waals surface area contributed by atoms with Gasteiger partial charge in [-0.2, -0.15) is 0 Å². The van der Waals surface area contributed by atoms with E-state index in [0.717, 1.165) is 6.42 Å². The molecule has 0 aromatic heterocycles. The zero-order valence-electron chi connectivity index (χ0n) is 16.3. The van der Waals surface area contributed by atoms with Gasteiger partial charge in [-0.15, -0.1) is 0 Å². The largest absolute Gasteiger partial charge is 0.259 e. The van der Waals surface area contributed by atoms with Crippen LogP contribution < -0.4 is 15.9 Å². The molecule has 0 N–H and O–H groups in total. The van der Waals surface area contributed by atoms with Crippen LogP contribution in [0.2, 0.25) is 0 Å². The lowest BCUT2D eigenvalue weighted by molar-refractivity contribution is 0.782. The zero-order chi connectivity index (χ0) is 19.0. The van der Waals surface area contributed by atoms with Crippen molar-refractivity contribution in [2.75, 3.05) is 0 Å². The van der Waals surface area contributed by atoms with E-state index < -0.39 is 7.05 Å². The molecule has 0 heterocycles. The molecule has 3 rings (SSSR count). The maximum atomic E-state index is 5.55. The second-order valence-electron chi connectivity index (χ2n) is 6.63. The van der Waals surface area contributed by atoms with Crippen LogP contribution in [0.1, 0.15) is 33.1 Å². The third-order valence-electron chi connectivity index (χ3n) is 4.79. The van der Waals surface area contributed by atoms with Crippen molar-refractivity contribution in [1.82, 2.24) is 0 Å². The second-order valence-corrected chi connectivity index (χ2v) is 9.65. The van der Waals surface area contributed by atoms with Gasteiger partial charge in [-0.1, -0.05) is 110 Å². The highest BCUT2D eigenvalue weighted by Gasteiger charge is 2.27. The van der Waals surface area contributed by atoms with Gasteiger partial charge in [0.05, 0.1) is 7.05 Å². The SMILES string of the molecule is C/C=C(/CCCC)N=P(c1ccccc1)(c1ccccc1)c1ccccc1. The number of rotatable bonds is 7. The van der Waals surface area contributed by atoms with Crippen LogP contribution in [-0.2, 0) is 0 Å². The lowest BCUT2D eigenvalue weighted by atomic mass is 10.2. The Morgan fingerprint density at radius 1 is 0.741 bits per heavy atom. The lowest BCUT2D eigenvalue weighted by Crippen LogP contribution is -2.25. The van der Waals surface area contributed by atoms with E-state index in [1.807, 2.05) is 0 Å². The van der Waals surface area contributed by atoms with E-state index in [1.54, 1.807) is 0 Å². The maximum Gasteiger partial charge on any atom is 0.0607 e. The van der Waals surface area contributed by atoms with Crippen LogP contribution in [-0.4, -0.2) is 0 Å². The van der Waals surface area contributed by atoms with Gasteiger partial charge in [-0.3, -0.25) is 4.74 Å². The summed E-state index contributed by atoms with van der Waals surface area (Å²) in [7, 11) is -2.11. The minimum atomic E-state index is -2.11. The van der Waals surface area contributed by atoms with Crippen molar-refractivity contribution in [3.05, 3.63) is 103 Å². The molecule has 138 valence electrons. The molecule has 0 fully saturated rings. The van der Waals surface area contributed by atoms with Crippen molar-refractivity contribution in [2.45, 2.75) is 33.1 Å². The molecule has 1 nitrogen and oxygen atoms in total. The van der Waals surface area contributed by atoms with Crippen molar-refractivity contribution in [3.8, 4) is 0 Å². The van der Waals surface area contributed by atoms with Crippen LogP contribution in [0.5, 0.6) is 0 Å². The smallest absolute Gasteiger partial charge is 0.0607 e. The molecule has 3 aromatic carbocycles. The summed E-state index contributed by atoms with van der Waals surface area (Å²) >= 11 is 0. The normalized spacial score (nSPS) is 12.0. The van der Waals surface area contributed by atoms with Crippen molar-refractivity contribution in [2.24, 2.45) is 4.74 Å². The third kappa shape index (κ3) is 4.31. The van der Waals surface area contributed by atoms with Crippen LogP contribution in [0.4, 0.5) is 0 Å².